The number of hydrogen-bond donors (Lipinski definition) is 2. The first-order valence-electron chi connectivity index (χ1n) is 8.86. The van der Waals surface area contributed by atoms with Gasteiger partial charge in [-0.05, 0) is 56.4 Å². The molecule has 2 fully saturated rings. The number of rotatable bonds is 5. The van der Waals surface area contributed by atoms with Crippen LogP contribution in [-0.4, -0.2) is 16.0 Å². The van der Waals surface area contributed by atoms with Crippen molar-refractivity contribution in [2.75, 3.05) is 10.6 Å². The van der Waals surface area contributed by atoms with E-state index < -0.39 is 0 Å². The second-order valence-corrected chi connectivity index (χ2v) is 7.84. The van der Waals surface area contributed by atoms with Gasteiger partial charge in [0.1, 0.15) is 5.82 Å². The standard InChI is InChI=1S/C19H23BrN4/c1-12-10-15(8-9-16(12)20)21-18-11-17(13-6-7-13)23-19(24-18)22-14-4-2-3-5-14/h8-11,13-14H,2-7H2,1H3,(H2,21,22,23,24). The maximum absolute atomic E-state index is 4.76. The Hall–Kier alpha value is -1.62. The summed E-state index contributed by atoms with van der Waals surface area (Å²) >= 11 is 3.55. The number of aromatic nitrogens is 2. The molecule has 1 aromatic heterocycles. The summed E-state index contributed by atoms with van der Waals surface area (Å²) in [6.45, 7) is 2.10. The molecular formula is C19H23BrN4. The van der Waals surface area contributed by atoms with Crippen LogP contribution in [0.15, 0.2) is 28.7 Å². The Morgan fingerprint density at radius 1 is 1.04 bits per heavy atom. The van der Waals surface area contributed by atoms with Crippen molar-refractivity contribution in [3.05, 3.63) is 40.0 Å². The van der Waals surface area contributed by atoms with Gasteiger partial charge in [0.05, 0.1) is 5.69 Å². The van der Waals surface area contributed by atoms with Gasteiger partial charge in [0, 0.05) is 28.2 Å². The molecule has 0 radical (unpaired) electrons. The SMILES string of the molecule is Cc1cc(Nc2cc(C3CC3)nc(NC3CCCC3)n2)ccc1Br. The lowest BCUT2D eigenvalue weighted by molar-refractivity contribution is 0.742. The molecule has 126 valence electrons. The second kappa shape index (κ2) is 6.71. The summed E-state index contributed by atoms with van der Waals surface area (Å²) in [5.41, 5.74) is 3.44. The summed E-state index contributed by atoms with van der Waals surface area (Å²) in [6, 6.07) is 8.91. The fourth-order valence-electron chi connectivity index (χ4n) is 3.31. The average Bonchev–Trinajstić information content (AvgIpc) is 3.29. The van der Waals surface area contributed by atoms with Crippen LogP contribution in [0.25, 0.3) is 0 Å². The van der Waals surface area contributed by atoms with Crippen LogP contribution in [0, 0.1) is 6.92 Å². The molecule has 2 aromatic rings. The van der Waals surface area contributed by atoms with E-state index in [2.05, 4.69) is 57.8 Å². The number of hydrogen-bond acceptors (Lipinski definition) is 4. The van der Waals surface area contributed by atoms with Gasteiger partial charge in [-0.15, -0.1) is 0 Å². The highest BCUT2D eigenvalue weighted by Gasteiger charge is 2.26. The van der Waals surface area contributed by atoms with Gasteiger partial charge in [-0.25, -0.2) is 4.98 Å². The second-order valence-electron chi connectivity index (χ2n) is 6.99. The van der Waals surface area contributed by atoms with E-state index in [1.54, 1.807) is 0 Å². The molecule has 24 heavy (non-hydrogen) atoms. The molecule has 2 saturated carbocycles. The third-order valence-corrected chi connectivity index (χ3v) is 5.75. The molecule has 0 unspecified atom stereocenters. The van der Waals surface area contributed by atoms with Crippen molar-refractivity contribution in [2.24, 2.45) is 0 Å². The summed E-state index contributed by atoms with van der Waals surface area (Å²) in [5.74, 6) is 2.28. The minimum absolute atomic E-state index is 0.530. The Kier molecular flexibility index (Phi) is 4.44. The zero-order valence-corrected chi connectivity index (χ0v) is 15.6. The summed E-state index contributed by atoms with van der Waals surface area (Å²) in [6.07, 6.45) is 7.57. The van der Waals surface area contributed by atoms with Gasteiger partial charge >= 0.3 is 0 Å². The molecule has 0 spiro atoms. The summed E-state index contributed by atoms with van der Waals surface area (Å²) < 4.78 is 1.12. The smallest absolute Gasteiger partial charge is 0.225 e. The molecule has 0 saturated heterocycles. The van der Waals surface area contributed by atoms with Crippen molar-refractivity contribution in [1.82, 2.24) is 9.97 Å². The molecule has 0 bridgehead atoms. The molecule has 1 aromatic carbocycles. The van der Waals surface area contributed by atoms with Crippen LogP contribution in [0.5, 0.6) is 0 Å². The first kappa shape index (κ1) is 15.9. The lowest BCUT2D eigenvalue weighted by Crippen LogP contribution is -2.17. The zero-order chi connectivity index (χ0) is 16.5. The van der Waals surface area contributed by atoms with Gasteiger partial charge in [0.25, 0.3) is 0 Å². The summed E-state index contributed by atoms with van der Waals surface area (Å²) in [4.78, 5) is 9.47. The van der Waals surface area contributed by atoms with E-state index in [0.29, 0.717) is 12.0 Å². The van der Waals surface area contributed by atoms with Crippen LogP contribution in [0.4, 0.5) is 17.5 Å². The first-order valence-corrected chi connectivity index (χ1v) is 9.65. The fourth-order valence-corrected chi connectivity index (χ4v) is 3.55. The van der Waals surface area contributed by atoms with Gasteiger partial charge in [0.2, 0.25) is 5.95 Å². The average molecular weight is 387 g/mol. The highest BCUT2D eigenvalue weighted by Crippen LogP contribution is 2.40. The highest BCUT2D eigenvalue weighted by molar-refractivity contribution is 9.10. The van der Waals surface area contributed by atoms with E-state index in [1.165, 1.54) is 49.8 Å². The molecule has 2 aliphatic carbocycles. The third kappa shape index (κ3) is 3.72. The lowest BCUT2D eigenvalue weighted by Gasteiger charge is -2.15. The van der Waals surface area contributed by atoms with Crippen molar-refractivity contribution in [1.29, 1.82) is 0 Å². The number of aryl methyl sites for hydroxylation is 1. The number of nitrogens with zero attached hydrogens (tertiary/aromatic N) is 2. The molecule has 5 heteroatoms. The van der Waals surface area contributed by atoms with Crippen LogP contribution in [0.2, 0.25) is 0 Å². The van der Waals surface area contributed by atoms with Gasteiger partial charge in [-0.2, -0.15) is 4.98 Å². The Morgan fingerprint density at radius 3 is 2.54 bits per heavy atom. The van der Waals surface area contributed by atoms with Crippen LogP contribution in [-0.2, 0) is 0 Å². The minimum atomic E-state index is 0.530. The molecule has 0 aliphatic heterocycles. The Morgan fingerprint density at radius 2 is 1.83 bits per heavy atom. The van der Waals surface area contributed by atoms with Crippen molar-refractivity contribution in [3.8, 4) is 0 Å². The largest absolute Gasteiger partial charge is 0.351 e. The summed E-state index contributed by atoms with van der Waals surface area (Å²) in [5, 5.41) is 6.99. The van der Waals surface area contributed by atoms with E-state index in [4.69, 9.17) is 9.97 Å². The number of halogens is 1. The van der Waals surface area contributed by atoms with Crippen LogP contribution < -0.4 is 10.6 Å². The van der Waals surface area contributed by atoms with Gasteiger partial charge in [-0.3, -0.25) is 0 Å². The molecule has 2 N–H and O–H groups in total. The van der Waals surface area contributed by atoms with Crippen molar-refractivity contribution < 1.29 is 0 Å². The normalized spacial score (nSPS) is 17.9. The monoisotopic (exact) mass is 386 g/mol. The molecule has 0 amide bonds. The van der Waals surface area contributed by atoms with Crippen molar-refractivity contribution in [2.45, 2.75) is 57.4 Å². The van der Waals surface area contributed by atoms with E-state index in [1.807, 2.05) is 0 Å². The topological polar surface area (TPSA) is 49.8 Å². The van der Waals surface area contributed by atoms with Gasteiger partial charge in [-0.1, -0.05) is 28.8 Å². The molecule has 1 heterocycles. The number of nitrogens with one attached hydrogen (secondary N) is 2. The first-order chi connectivity index (χ1) is 11.7. The van der Waals surface area contributed by atoms with Crippen molar-refractivity contribution in [3.63, 3.8) is 0 Å². The molecular weight excluding hydrogens is 364 g/mol. The van der Waals surface area contributed by atoms with E-state index >= 15 is 0 Å². The maximum Gasteiger partial charge on any atom is 0.225 e. The van der Waals surface area contributed by atoms with E-state index in [-0.39, 0.29) is 0 Å². The lowest BCUT2D eigenvalue weighted by atomic mass is 10.2. The quantitative estimate of drug-likeness (QED) is 0.709. The van der Waals surface area contributed by atoms with Gasteiger partial charge < -0.3 is 10.6 Å². The number of benzene rings is 1. The van der Waals surface area contributed by atoms with Crippen LogP contribution in [0.3, 0.4) is 0 Å². The predicted molar refractivity (Wildman–Crippen MR) is 102 cm³/mol. The number of anilines is 3. The van der Waals surface area contributed by atoms with Crippen LogP contribution in [0.1, 0.15) is 55.7 Å². The molecule has 4 rings (SSSR count). The van der Waals surface area contributed by atoms with Crippen LogP contribution >= 0.6 is 15.9 Å². The predicted octanol–water partition coefficient (Wildman–Crippen LogP) is 5.52. The minimum Gasteiger partial charge on any atom is -0.351 e. The van der Waals surface area contributed by atoms with E-state index in [9.17, 15) is 0 Å². The molecule has 0 atom stereocenters. The fraction of sp³-hybridized carbons (Fsp3) is 0.474. The van der Waals surface area contributed by atoms with Crippen molar-refractivity contribution >= 4 is 33.4 Å². The van der Waals surface area contributed by atoms with Gasteiger partial charge in [0.15, 0.2) is 0 Å². The Bertz CT molecular complexity index is 736. The third-order valence-electron chi connectivity index (χ3n) is 4.86. The highest BCUT2D eigenvalue weighted by atomic mass is 79.9. The summed E-state index contributed by atoms with van der Waals surface area (Å²) in [7, 11) is 0. The Labute approximate surface area is 151 Å². The zero-order valence-electron chi connectivity index (χ0n) is 14.0. The maximum atomic E-state index is 4.76. The Balaban J connectivity index is 1.58. The van der Waals surface area contributed by atoms with E-state index in [0.717, 1.165) is 21.9 Å². The molecule has 2 aliphatic rings. The molecule has 4 nitrogen and oxygen atoms in total.